The highest BCUT2D eigenvalue weighted by Crippen LogP contribution is 2.42. The second kappa shape index (κ2) is 6.72. The molecule has 4 nitrogen and oxygen atoms in total. The fourth-order valence-corrected chi connectivity index (χ4v) is 5.48. The van der Waals surface area contributed by atoms with E-state index in [4.69, 9.17) is 11.6 Å². The lowest BCUT2D eigenvalue weighted by Crippen LogP contribution is -2.46. The Balaban J connectivity index is 1.87. The van der Waals surface area contributed by atoms with Crippen molar-refractivity contribution in [1.29, 1.82) is 0 Å². The van der Waals surface area contributed by atoms with Crippen molar-refractivity contribution < 1.29 is 9.32 Å². The Bertz CT molecular complexity index is 834. The second-order valence-corrected chi connectivity index (χ2v) is 8.60. The van der Waals surface area contributed by atoms with Crippen LogP contribution in [0.4, 0.5) is 0 Å². The Morgan fingerprint density at radius 1 is 1.16 bits per heavy atom. The van der Waals surface area contributed by atoms with Crippen molar-refractivity contribution in [2.24, 2.45) is 0 Å². The summed E-state index contributed by atoms with van der Waals surface area (Å²) in [6.45, 7) is 3.90. The molecule has 132 valence electrons. The number of phenols is 1. The maximum Gasteiger partial charge on any atom is 0.133 e. The van der Waals surface area contributed by atoms with Gasteiger partial charge in [0.2, 0.25) is 0 Å². The molecule has 0 amide bonds. The van der Waals surface area contributed by atoms with Gasteiger partial charge in [-0.1, -0.05) is 29.8 Å². The van der Waals surface area contributed by atoms with Crippen molar-refractivity contribution >= 4 is 22.4 Å². The molecule has 0 bridgehead atoms. The summed E-state index contributed by atoms with van der Waals surface area (Å²) < 4.78 is 13.2. The summed E-state index contributed by atoms with van der Waals surface area (Å²) in [5, 5.41) is 11.0. The molecule has 1 saturated heterocycles. The van der Waals surface area contributed by atoms with Crippen molar-refractivity contribution in [3.05, 3.63) is 52.5 Å². The lowest BCUT2D eigenvalue weighted by molar-refractivity contribution is 0.109. The summed E-state index contributed by atoms with van der Waals surface area (Å²) in [5.74, 6) is 0.0247. The summed E-state index contributed by atoms with van der Waals surface area (Å²) in [6, 6.07) is 11.3. The molecule has 0 radical (unpaired) electrons. The van der Waals surface area contributed by atoms with E-state index in [1.165, 1.54) is 6.07 Å². The number of likely N-dealkylation sites (N-methyl/N-ethyl adjacent to an activating group) is 1. The van der Waals surface area contributed by atoms with Crippen molar-refractivity contribution in [1.82, 2.24) is 9.80 Å². The number of benzene rings is 2. The van der Waals surface area contributed by atoms with Crippen LogP contribution in [0.5, 0.6) is 5.75 Å². The predicted molar refractivity (Wildman–Crippen MR) is 99.7 cm³/mol. The minimum absolute atomic E-state index is 0.0247. The first kappa shape index (κ1) is 17.0. The number of piperazine rings is 1. The lowest BCUT2D eigenvalue weighted by atomic mass is 9.96. The molecule has 2 aromatic rings. The first-order valence-corrected chi connectivity index (χ1v) is 10.0. The van der Waals surface area contributed by atoms with Crippen LogP contribution in [0.3, 0.4) is 0 Å². The third kappa shape index (κ3) is 3.10. The Hall–Kier alpha value is -1.40. The highest BCUT2D eigenvalue weighted by Gasteiger charge is 2.33. The number of hydrogen-bond acceptors (Lipinski definition) is 4. The van der Waals surface area contributed by atoms with Gasteiger partial charge in [-0.3, -0.25) is 4.90 Å². The van der Waals surface area contributed by atoms with Crippen LogP contribution in [0.25, 0.3) is 0 Å². The molecule has 0 aliphatic carbocycles. The van der Waals surface area contributed by atoms with Gasteiger partial charge in [-0.15, -0.1) is 0 Å². The van der Waals surface area contributed by atoms with E-state index < -0.39 is 10.8 Å². The van der Waals surface area contributed by atoms with Crippen molar-refractivity contribution in [2.75, 3.05) is 33.2 Å². The average molecular weight is 377 g/mol. The Labute approximate surface area is 155 Å². The molecule has 2 aliphatic rings. The zero-order chi connectivity index (χ0) is 17.6. The van der Waals surface area contributed by atoms with Crippen molar-refractivity contribution in [2.45, 2.75) is 22.3 Å². The maximum atomic E-state index is 13.2. The predicted octanol–water partition coefficient (Wildman–Crippen LogP) is 3.06. The third-order valence-electron chi connectivity index (χ3n) is 5.17. The van der Waals surface area contributed by atoms with E-state index >= 15 is 0 Å². The number of hydrogen-bond donors (Lipinski definition) is 1. The van der Waals surface area contributed by atoms with E-state index in [0.29, 0.717) is 9.92 Å². The standard InChI is InChI=1S/C19H21ClN2O2S/c1-21-6-8-22(9-7-21)16-10-13-4-2-3-5-18(13)25(24)19-15(16)11-14(20)12-17(19)23/h2-5,11-12,16,23H,6-10H2,1H3. The Kier molecular flexibility index (Phi) is 4.58. The minimum atomic E-state index is -1.41. The van der Waals surface area contributed by atoms with E-state index in [1.54, 1.807) is 0 Å². The fraction of sp³-hybridized carbons (Fsp3) is 0.368. The van der Waals surface area contributed by atoms with Gasteiger partial charge in [-0.05, 0) is 42.8 Å². The first-order valence-electron chi connectivity index (χ1n) is 8.49. The number of rotatable bonds is 1. The van der Waals surface area contributed by atoms with E-state index in [-0.39, 0.29) is 11.8 Å². The maximum absolute atomic E-state index is 13.2. The molecule has 0 aromatic heterocycles. The molecule has 0 spiro atoms. The molecule has 1 fully saturated rings. The van der Waals surface area contributed by atoms with Gasteiger partial charge in [-0.2, -0.15) is 0 Å². The monoisotopic (exact) mass is 376 g/mol. The largest absolute Gasteiger partial charge is 0.507 e. The van der Waals surface area contributed by atoms with Gasteiger partial charge in [0.25, 0.3) is 0 Å². The van der Waals surface area contributed by atoms with Crippen LogP contribution < -0.4 is 0 Å². The number of nitrogens with zero attached hydrogens (tertiary/aromatic N) is 2. The topological polar surface area (TPSA) is 43.8 Å². The van der Waals surface area contributed by atoms with Crippen LogP contribution in [0.2, 0.25) is 5.02 Å². The average Bonchev–Trinajstić information content (AvgIpc) is 2.71. The van der Waals surface area contributed by atoms with Gasteiger partial charge in [0, 0.05) is 42.1 Å². The molecule has 2 aromatic carbocycles. The highest BCUT2D eigenvalue weighted by atomic mass is 35.5. The first-order chi connectivity index (χ1) is 12.0. The van der Waals surface area contributed by atoms with E-state index in [2.05, 4.69) is 16.8 Å². The molecular formula is C19H21ClN2O2S. The smallest absolute Gasteiger partial charge is 0.133 e. The zero-order valence-electron chi connectivity index (χ0n) is 14.1. The van der Waals surface area contributed by atoms with Gasteiger partial charge in [-0.25, -0.2) is 4.21 Å². The van der Waals surface area contributed by atoms with Gasteiger partial charge in [0.1, 0.15) is 5.75 Å². The molecule has 2 aliphatic heterocycles. The summed E-state index contributed by atoms with van der Waals surface area (Å²) in [7, 11) is 0.725. The van der Waals surface area contributed by atoms with Crippen LogP contribution in [0.15, 0.2) is 46.2 Å². The molecule has 2 heterocycles. The number of halogens is 1. The van der Waals surface area contributed by atoms with Gasteiger partial charge >= 0.3 is 0 Å². The van der Waals surface area contributed by atoms with Crippen molar-refractivity contribution in [3.63, 3.8) is 0 Å². The Morgan fingerprint density at radius 3 is 2.64 bits per heavy atom. The molecule has 2 atom stereocenters. The SMILES string of the molecule is CN1CCN(C2Cc3ccccc3S(=O)c3c(O)cc(Cl)cc32)CC1. The number of aromatic hydroxyl groups is 1. The molecule has 2 unspecified atom stereocenters. The zero-order valence-corrected chi connectivity index (χ0v) is 15.7. The molecule has 1 N–H and O–H groups in total. The summed E-state index contributed by atoms with van der Waals surface area (Å²) >= 11 is 6.24. The fourth-order valence-electron chi connectivity index (χ4n) is 3.79. The molecular weight excluding hydrogens is 356 g/mol. The highest BCUT2D eigenvalue weighted by molar-refractivity contribution is 7.85. The van der Waals surface area contributed by atoms with E-state index in [0.717, 1.165) is 48.6 Å². The Morgan fingerprint density at radius 2 is 1.88 bits per heavy atom. The van der Waals surface area contributed by atoms with E-state index in [9.17, 15) is 9.32 Å². The summed E-state index contributed by atoms with van der Waals surface area (Å²) in [4.78, 5) is 6.04. The van der Waals surface area contributed by atoms with Gasteiger partial charge in [0.15, 0.2) is 0 Å². The van der Waals surface area contributed by atoms with Crippen LogP contribution in [0, 0.1) is 0 Å². The van der Waals surface area contributed by atoms with Gasteiger partial charge < -0.3 is 10.0 Å². The minimum Gasteiger partial charge on any atom is -0.507 e. The molecule has 6 heteroatoms. The lowest BCUT2D eigenvalue weighted by Gasteiger charge is -2.38. The van der Waals surface area contributed by atoms with Crippen LogP contribution in [-0.2, 0) is 17.2 Å². The second-order valence-electron chi connectivity index (χ2n) is 6.78. The van der Waals surface area contributed by atoms with Gasteiger partial charge in [0.05, 0.1) is 15.7 Å². The normalized spacial score (nSPS) is 24.4. The van der Waals surface area contributed by atoms with Crippen LogP contribution in [0.1, 0.15) is 17.2 Å². The van der Waals surface area contributed by atoms with E-state index in [1.807, 2.05) is 30.3 Å². The third-order valence-corrected chi connectivity index (χ3v) is 7.00. The molecule has 4 rings (SSSR count). The number of fused-ring (bicyclic) bond motifs is 2. The van der Waals surface area contributed by atoms with Crippen LogP contribution >= 0.6 is 11.6 Å². The van der Waals surface area contributed by atoms with Crippen LogP contribution in [-0.4, -0.2) is 52.3 Å². The van der Waals surface area contributed by atoms with Crippen molar-refractivity contribution in [3.8, 4) is 5.75 Å². The number of phenolic OH excluding ortho intramolecular Hbond substituents is 1. The summed E-state index contributed by atoms with van der Waals surface area (Å²) in [5.41, 5.74) is 1.97. The quantitative estimate of drug-likeness (QED) is 0.830. The summed E-state index contributed by atoms with van der Waals surface area (Å²) in [6.07, 6.45) is 0.776. The molecule has 0 saturated carbocycles. The molecule has 25 heavy (non-hydrogen) atoms.